The third-order valence-corrected chi connectivity index (χ3v) is 3.64. The van der Waals surface area contributed by atoms with Gasteiger partial charge in [-0.1, -0.05) is 0 Å². The zero-order valence-corrected chi connectivity index (χ0v) is 11.4. The highest BCUT2D eigenvalue weighted by molar-refractivity contribution is 5.99. The van der Waals surface area contributed by atoms with Gasteiger partial charge in [-0.15, -0.1) is 0 Å². The van der Waals surface area contributed by atoms with Gasteiger partial charge in [0.2, 0.25) is 0 Å². The van der Waals surface area contributed by atoms with Gasteiger partial charge in [0.1, 0.15) is 18.2 Å². The van der Waals surface area contributed by atoms with E-state index in [0.29, 0.717) is 18.4 Å². The zero-order valence-electron chi connectivity index (χ0n) is 11.4. The Balaban J connectivity index is 1.82. The van der Waals surface area contributed by atoms with Gasteiger partial charge < -0.3 is 10.4 Å². The SMILES string of the molecule is Cc1cc(C(=O)NC2(C(=O)O)CC2)ccc1-n1cncn1. The summed E-state index contributed by atoms with van der Waals surface area (Å²) in [6.07, 6.45) is 3.96. The highest BCUT2D eigenvalue weighted by Gasteiger charge is 2.51. The molecule has 0 spiro atoms. The lowest BCUT2D eigenvalue weighted by Gasteiger charge is -2.13. The smallest absolute Gasteiger partial charge is 0.329 e. The van der Waals surface area contributed by atoms with Crippen LogP contribution in [0.3, 0.4) is 0 Å². The van der Waals surface area contributed by atoms with Gasteiger partial charge in [-0.2, -0.15) is 5.10 Å². The molecular weight excluding hydrogens is 272 g/mol. The van der Waals surface area contributed by atoms with Crippen LogP contribution in [0.4, 0.5) is 0 Å². The van der Waals surface area contributed by atoms with Crippen molar-refractivity contribution in [3.8, 4) is 5.69 Å². The van der Waals surface area contributed by atoms with Crippen molar-refractivity contribution in [2.45, 2.75) is 25.3 Å². The molecule has 0 unspecified atom stereocenters. The van der Waals surface area contributed by atoms with Gasteiger partial charge in [0.05, 0.1) is 5.69 Å². The summed E-state index contributed by atoms with van der Waals surface area (Å²) in [7, 11) is 0. The summed E-state index contributed by atoms with van der Waals surface area (Å²) in [6, 6.07) is 5.13. The molecule has 2 N–H and O–H groups in total. The number of hydrogen-bond donors (Lipinski definition) is 2. The van der Waals surface area contributed by atoms with Gasteiger partial charge in [-0.05, 0) is 43.5 Å². The maximum Gasteiger partial charge on any atom is 0.329 e. The number of rotatable bonds is 4. The maximum absolute atomic E-state index is 12.1. The Morgan fingerprint density at radius 3 is 2.67 bits per heavy atom. The lowest BCUT2D eigenvalue weighted by atomic mass is 10.1. The first kappa shape index (κ1) is 13.3. The van der Waals surface area contributed by atoms with Crippen molar-refractivity contribution in [3.05, 3.63) is 42.0 Å². The van der Waals surface area contributed by atoms with Gasteiger partial charge in [0.15, 0.2) is 0 Å². The molecule has 108 valence electrons. The molecule has 1 aromatic heterocycles. The van der Waals surface area contributed by atoms with Crippen LogP contribution in [0.2, 0.25) is 0 Å². The average Bonchev–Trinajstić information content (AvgIpc) is 3.03. The Bertz CT molecular complexity index is 705. The van der Waals surface area contributed by atoms with Gasteiger partial charge in [0.25, 0.3) is 5.91 Å². The molecule has 0 bridgehead atoms. The minimum Gasteiger partial charge on any atom is -0.480 e. The van der Waals surface area contributed by atoms with Crippen molar-refractivity contribution in [2.24, 2.45) is 0 Å². The number of aryl methyl sites for hydroxylation is 1. The van der Waals surface area contributed by atoms with E-state index in [1.807, 2.05) is 6.92 Å². The van der Waals surface area contributed by atoms with Crippen LogP contribution >= 0.6 is 0 Å². The second kappa shape index (κ2) is 4.69. The van der Waals surface area contributed by atoms with Crippen LogP contribution in [0.5, 0.6) is 0 Å². The van der Waals surface area contributed by atoms with Crippen LogP contribution in [0.25, 0.3) is 5.69 Å². The molecule has 1 aliphatic rings. The standard InChI is InChI=1S/C14H14N4O3/c1-9-6-10(2-3-11(9)18-8-15-7-16-18)12(19)17-14(4-5-14)13(20)21/h2-3,6-8H,4-5H2,1H3,(H,17,19)(H,20,21). The quantitative estimate of drug-likeness (QED) is 0.871. The van der Waals surface area contributed by atoms with Crippen molar-refractivity contribution in [3.63, 3.8) is 0 Å². The summed E-state index contributed by atoms with van der Waals surface area (Å²) in [5.74, 6) is -1.35. The summed E-state index contributed by atoms with van der Waals surface area (Å²) in [4.78, 5) is 27.1. The predicted octanol–water partition coefficient (Wildman–Crippen LogP) is 0.923. The number of carbonyl (C=O) groups excluding carboxylic acids is 1. The van der Waals surface area contributed by atoms with Crippen LogP contribution in [0.1, 0.15) is 28.8 Å². The molecule has 21 heavy (non-hydrogen) atoms. The highest BCUT2D eigenvalue weighted by atomic mass is 16.4. The van der Waals surface area contributed by atoms with E-state index in [1.165, 1.54) is 6.33 Å². The minimum atomic E-state index is -1.07. The second-order valence-electron chi connectivity index (χ2n) is 5.18. The van der Waals surface area contributed by atoms with Gasteiger partial charge in [-0.25, -0.2) is 14.5 Å². The third kappa shape index (κ3) is 2.37. The molecule has 0 saturated heterocycles. The fraction of sp³-hybridized carbons (Fsp3) is 0.286. The average molecular weight is 286 g/mol. The van der Waals surface area contributed by atoms with Crippen LogP contribution in [0.15, 0.2) is 30.9 Å². The molecule has 0 aliphatic heterocycles. The Morgan fingerprint density at radius 2 is 2.14 bits per heavy atom. The van der Waals surface area contributed by atoms with E-state index in [1.54, 1.807) is 29.2 Å². The molecule has 1 aromatic carbocycles. The minimum absolute atomic E-state index is 0.372. The molecule has 2 aromatic rings. The number of carboxylic acids is 1. The van der Waals surface area contributed by atoms with Crippen LogP contribution in [-0.4, -0.2) is 37.3 Å². The zero-order chi connectivity index (χ0) is 15.0. The number of aromatic nitrogens is 3. The highest BCUT2D eigenvalue weighted by Crippen LogP contribution is 2.35. The van der Waals surface area contributed by atoms with E-state index in [0.717, 1.165) is 11.3 Å². The molecule has 0 radical (unpaired) electrons. The molecule has 1 saturated carbocycles. The number of nitrogens with zero attached hydrogens (tertiary/aromatic N) is 3. The predicted molar refractivity (Wildman–Crippen MR) is 73.2 cm³/mol. The van der Waals surface area contributed by atoms with Crippen molar-refractivity contribution in [2.75, 3.05) is 0 Å². The van der Waals surface area contributed by atoms with Crippen molar-refractivity contribution in [1.29, 1.82) is 0 Å². The van der Waals surface area contributed by atoms with E-state index < -0.39 is 11.5 Å². The van der Waals surface area contributed by atoms with Crippen molar-refractivity contribution >= 4 is 11.9 Å². The lowest BCUT2D eigenvalue weighted by molar-refractivity contribution is -0.140. The maximum atomic E-state index is 12.1. The fourth-order valence-electron chi connectivity index (χ4n) is 2.19. The summed E-state index contributed by atoms with van der Waals surface area (Å²) < 4.78 is 1.61. The molecule has 7 nitrogen and oxygen atoms in total. The van der Waals surface area contributed by atoms with Gasteiger partial charge in [0, 0.05) is 5.56 Å². The Hall–Kier alpha value is -2.70. The summed E-state index contributed by atoms with van der Waals surface area (Å²) in [5, 5.41) is 15.7. The first-order chi connectivity index (χ1) is 10.0. The number of aliphatic carboxylic acids is 1. The molecule has 0 atom stereocenters. The van der Waals surface area contributed by atoms with Crippen molar-refractivity contribution in [1.82, 2.24) is 20.1 Å². The Labute approximate surface area is 120 Å². The monoisotopic (exact) mass is 286 g/mol. The topological polar surface area (TPSA) is 97.1 Å². The number of amides is 1. The summed E-state index contributed by atoms with van der Waals surface area (Å²) in [5.41, 5.74) is 1.04. The summed E-state index contributed by atoms with van der Waals surface area (Å²) in [6.45, 7) is 1.86. The Kier molecular flexibility index (Phi) is 2.97. The molecule has 1 fully saturated rings. The van der Waals surface area contributed by atoms with E-state index in [4.69, 9.17) is 5.11 Å². The molecule has 1 aliphatic carbocycles. The van der Waals surface area contributed by atoms with Gasteiger partial charge in [-0.3, -0.25) is 4.79 Å². The van der Waals surface area contributed by atoms with E-state index in [2.05, 4.69) is 15.4 Å². The molecule has 1 heterocycles. The number of nitrogens with one attached hydrogen (secondary N) is 1. The van der Waals surface area contributed by atoms with Crippen molar-refractivity contribution < 1.29 is 14.7 Å². The normalized spacial score (nSPS) is 15.5. The Morgan fingerprint density at radius 1 is 1.38 bits per heavy atom. The summed E-state index contributed by atoms with van der Waals surface area (Å²) >= 11 is 0. The second-order valence-corrected chi connectivity index (χ2v) is 5.18. The van der Waals surface area contributed by atoms with Crippen LogP contribution in [-0.2, 0) is 4.79 Å². The molecule has 3 rings (SSSR count). The largest absolute Gasteiger partial charge is 0.480 e. The lowest BCUT2D eigenvalue weighted by Crippen LogP contribution is -2.43. The fourth-order valence-corrected chi connectivity index (χ4v) is 2.19. The number of carbonyl (C=O) groups is 2. The van der Waals surface area contributed by atoms with Crippen LogP contribution < -0.4 is 5.32 Å². The van der Waals surface area contributed by atoms with E-state index in [-0.39, 0.29) is 5.91 Å². The number of carboxylic acid groups (broad SMARTS) is 1. The first-order valence-electron chi connectivity index (χ1n) is 6.53. The van der Waals surface area contributed by atoms with Crippen LogP contribution in [0, 0.1) is 6.92 Å². The molecular formula is C14H14N4O3. The van der Waals surface area contributed by atoms with Gasteiger partial charge >= 0.3 is 5.97 Å². The van der Waals surface area contributed by atoms with E-state index >= 15 is 0 Å². The number of benzene rings is 1. The number of hydrogen-bond acceptors (Lipinski definition) is 4. The first-order valence-corrected chi connectivity index (χ1v) is 6.53. The molecule has 1 amide bonds. The molecule has 7 heteroatoms. The van der Waals surface area contributed by atoms with E-state index in [9.17, 15) is 9.59 Å². The third-order valence-electron chi connectivity index (χ3n) is 3.64.